The molecule has 3 unspecified atom stereocenters. The molecule has 0 aromatic carbocycles. The number of nitrogens with two attached hydrogens (primary N) is 1. The van der Waals surface area contributed by atoms with Crippen LogP contribution >= 0.6 is 0 Å². The van der Waals surface area contributed by atoms with E-state index < -0.39 is 5.54 Å². The number of rotatable bonds is 3. The molecule has 0 heterocycles. The van der Waals surface area contributed by atoms with Gasteiger partial charge in [0, 0.05) is 0 Å². The van der Waals surface area contributed by atoms with Crippen LogP contribution in [0.25, 0.3) is 0 Å². The Bertz CT molecular complexity index is 189. The lowest BCUT2D eigenvalue weighted by Gasteiger charge is -2.51. The fourth-order valence-electron chi connectivity index (χ4n) is 2.16. The van der Waals surface area contributed by atoms with Crippen LogP contribution in [-0.4, -0.2) is 18.0 Å². The van der Waals surface area contributed by atoms with Crippen molar-refractivity contribution in [2.24, 2.45) is 17.6 Å². The summed E-state index contributed by atoms with van der Waals surface area (Å²) < 4.78 is 0. The maximum atomic E-state index is 11.2. The van der Waals surface area contributed by atoms with Crippen LogP contribution in [0.4, 0.5) is 0 Å². The van der Waals surface area contributed by atoms with Gasteiger partial charge in [0.25, 0.3) is 0 Å². The number of primary amides is 1. The first-order chi connectivity index (χ1) is 5.54. The van der Waals surface area contributed by atoms with E-state index in [1.54, 1.807) is 0 Å². The van der Waals surface area contributed by atoms with Crippen LogP contribution in [0.3, 0.4) is 0 Å². The minimum atomic E-state index is -0.409. The second-order valence-corrected chi connectivity index (χ2v) is 3.84. The van der Waals surface area contributed by atoms with E-state index in [1.807, 2.05) is 6.92 Å². The van der Waals surface area contributed by atoms with Crippen LogP contribution in [0.15, 0.2) is 0 Å². The summed E-state index contributed by atoms with van der Waals surface area (Å²) in [7, 11) is 0. The van der Waals surface area contributed by atoms with Crippen LogP contribution in [0, 0.1) is 11.8 Å². The average Bonchev–Trinajstić information content (AvgIpc) is 2.02. The highest BCUT2D eigenvalue weighted by Gasteiger charge is 2.52. The number of carbonyl (C=O) groups is 1. The molecule has 1 amide bonds. The predicted molar refractivity (Wildman–Crippen MR) is 48.5 cm³/mol. The molecular weight excluding hydrogens is 152 g/mol. The van der Waals surface area contributed by atoms with Crippen molar-refractivity contribution in [1.29, 1.82) is 0 Å². The predicted octanol–water partition coefficient (Wildman–Crippen LogP) is 0.496. The summed E-state index contributed by atoms with van der Waals surface area (Å²) in [6.45, 7) is 7.05. The maximum absolute atomic E-state index is 11.2. The molecule has 70 valence electrons. The van der Waals surface area contributed by atoms with E-state index in [9.17, 15) is 4.79 Å². The molecule has 12 heavy (non-hydrogen) atoms. The summed E-state index contributed by atoms with van der Waals surface area (Å²) in [4.78, 5) is 11.2. The summed E-state index contributed by atoms with van der Waals surface area (Å²) in [6.07, 6.45) is 0.886. The first kappa shape index (κ1) is 9.52. The number of amides is 1. The Morgan fingerprint density at radius 1 is 1.67 bits per heavy atom. The number of nitrogens with one attached hydrogen (secondary N) is 1. The van der Waals surface area contributed by atoms with Crippen molar-refractivity contribution < 1.29 is 4.79 Å². The monoisotopic (exact) mass is 170 g/mol. The van der Waals surface area contributed by atoms with Gasteiger partial charge >= 0.3 is 0 Å². The van der Waals surface area contributed by atoms with Crippen molar-refractivity contribution >= 4 is 5.91 Å². The van der Waals surface area contributed by atoms with E-state index in [0.717, 1.165) is 13.0 Å². The van der Waals surface area contributed by atoms with Gasteiger partial charge in [0.1, 0.15) is 5.54 Å². The number of hydrogen-bond donors (Lipinski definition) is 2. The molecule has 3 N–H and O–H groups in total. The van der Waals surface area contributed by atoms with E-state index >= 15 is 0 Å². The molecule has 1 saturated carbocycles. The molecule has 3 nitrogen and oxygen atoms in total. The van der Waals surface area contributed by atoms with E-state index in [2.05, 4.69) is 19.2 Å². The van der Waals surface area contributed by atoms with Crippen LogP contribution in [-0.2, 0) is 4.79 Å². The van der Waals surface area contributed by atoms with Gasteiger partial charge in [-0.25, -0.2) is 0 Å². The third kappa shape index (κ3) is 1.12. The molecule has 0 bridgehead atoms. The molecule has 0 radical (unpaired) electrons. The SMILES string of the molecule is CCNC1(C(N)=O)CC(C)C1C. The molecule has 1 fully saturated rings. The smallest absolute Gasteiger partial charge is 0.238 e. The Morgan fingerprint density at radius 2 is 2.25 bits per heavy atom. The topological polar surface area (TPSA) is 55.1 Å². The van der Waals surface area contributed by atoms with Crippen LogP contribution in [0.1, 0.15) is 27.2 Å². The lowest BCUT2D eigenvalue weighted by molar-refractivity contribution is -0.134. The quantitative estimate of drug-likeness (QED) is 0.648. The molecule has 1 aliphatic rings. The standard InChI is InChI=1S/C9H18N2O/c1-4-11-9(8(10)12)5-6(2)7(9)3/h6-7,11H,4-5H2,1-3H3,(H2,10,12). The van der Waals surface area contributed by atoms with Gasteiger partial charge in [-0.2, -0.15) is 0 Å². The van der Waals surface area contributed by atoms with Gasteiger partial charge in [-0.05, 0) is 24.8 Å². The zero-order valence-electron chi connectivity index (χ0n) is 8.05. The van der Waals surface area contributed by atoms with Gasteiger partial charge in [0.2, 0.25) is 5.91 Å². The largest absolute Gasteiger partial charge is 0.368 e. The van der Waals surface area contributed by atoms with Gasteiger partial charge in [-0.15, -0.1) is 0 Å². The highest BCUT2D eigenvalue weighted by atomic mass is 16.1. The Balaban J connectivity index is 2.70. The highest BCUT2D eigenvalue weighted by molar-refractivity contribution is 5.86. The molecule has 0 aliphatic heterocycles. The van der Waals surface area contributed by atoms with Gasteiger partial charge in [-0.3, -0.25) is 4.79 Å². The summed E-state index contributed by atoms with van der Waals surface area (Å²) >= 11 is 0. The summed E-state index contributed by atoms with van der Waals surface area (Å²) in [6, 6.07) is 0. The number of carbonyl (C=O) groups excluding carboxylic acids is 1. The summed E-state index contributed by atoms with van der Waals surface area (Å²) in [5, 5.41) is 3.20. The second kappa shape index (κ2) is 3.05. The van der Waals surface area contributed by atoms with Gasteiger partial charge in [0.05, 0.1) is 0 Å². The zero-order chi connectivity index (χ0) is 9.35. The minimum absolute atomic E-state index is 0.199. The van der Waals surface area contributed by atoms with Crippen molar-refractivity contribution in [3.63, 3.8) is 0 Å². The number of likely N-dealkylation sites (N-methyl/N-ethyl adjacent to an activating group) is 1. The Hall–Kier alpha value is -0.570. The van der Waals surface area contributed by atoms with E-state index in [4.69, 9.17) is 5.73 Å². The third-order valence-electron chi connectivity index (χ3n) is 3.21. The molecule has 1 aliphatic carbocycles. The van der Waals surface area contributed by atoms with Gasteiger partial charge < -0.3 is 11.1 Å². The molecule has 0 aromatic rings. The third-order valence-corrected chi connectivity index (χ3v) is 3.21. The van der Waals surface area contributed by atoms with Gasteiger partial charge in [0.15, 0.2) is 0 Å². The maximum Gasteiger partial charge on any atom is 0.238 e. The first-order valence-electron chi connectivity index (χ1n) is 4.59. The molecule has 3 heteroatoms. The molecule has 0 saturated heterocycles. The Kier molecular flexibility index (Phi) is 2.42. The lowest BCUT2D eigenvalue weighted by Crippen LogP contribution is -2.68. The second-order valence-electron chi connectivity index (χ2n) is 3.84. The van der Waals surface area contributed by atoms with E-state index in [-0.39, 0.29) is 5.91 Å². The summed E-state index contributed by atoms with van der Waals surface area (Å²) in [5.74, 6) is 0.779. The van der Waals surface area contributed by atoms with Gasteiger partial charge in [-0.1, -0.05) is 20.8 Å². The Labute approximate surface area is 73.7 Å². The molecule has 3 atom stereocenters. The fraction of sp³-hybridized carbons (Fsp3) is 0.889. The van der Waals surface area contributed by atoms with Crippen molar-refractivity contribution in [3.05, 3.63) is 0 Å². The van der Waals surface area contributed by atoms with Crippen LogP contribution < -0.4 is 11.1 Å². The first-order valence-corrected chi connectivity index (χ1v) is 4.59. The molecular formula is C9H18N2O. The molecule has 0 spiro atoms. The summed E-state index contributed by atoms with van der Waals surface area (Å²) in [5.41, 5.74) is 4.96. The van der Waals surface area contributed by atoms with Crippen molar-refractivity contribution in [2.75, 3.05) is 6.54 Å². The van der Waals surface area contributed by atoms with Crippen LogP contribution in [0.5, 0.6) is 0 Å². The van der Waals surface area contributed by atoms with Crippen molar-refractivity contribution in [2.45, 2.75) is 32.7 Å². The minimum Gasteiger partial charge on any atom is -0.368 e. The molecule has 1 rings (SSSR count). The number of hydrogen-bond acceptors (Lipinski definition) is 2. The zero-order valence-corrected chi connectivity index (χ0v) is 8.05. The van der Waals surface area contributed by atoms with E-state index in [0.29, 0.717) is 11.8 Å². The van der Waals surface area contributed by atoms with Crippen molar-refractivity contribution in [3.8, 4) is 0 Å². The normalized spacial score (nSPS) is 40.6. The van der Waals surface area contributed by atoms with Crippen LogP contribution in [0.2, 0.25) is 0 Å². The average molecular weight is 170 g/mol. The fourth-order valence-corrected chi connectivity index (χ4v) is 2.16. The molecule has 0 aromatic heterocycles. The lowest BCUT2D eigenvalue weighted by atomic mass is 9.60. The Morgan fingerprint density at radius 3 is 2.50 bits per heavy atom. The highest BCUT2D eigenvalue weighted by Crippen LogP contribution is 2.43. The van der Waals surface area contributed by atoms with E-state index in [1.165, 1.54) is 0 Å². The van der Waals surface area contributed by atoms with Crippen molar-refractivity contribution in [1.82, 2.24) is 5.32 Å².